The van der Waals surface area contributed by atoms with Crippen molar-refractivity contribution >= 4 is 99.5 Å². The summed E-state index contributed by atoms with van der Waals surface area (Å²) in [4.78, 5) is 58.9. The number of imide groups is 1. The number of carbonyl (C=O) groups is 4. The quantitative estimate of drug-likeness (QED) is 0.0848. The monoisotopic (exact) mass is 800 g/mol. The fraction of sp³-hybridized carbons (Fsp3) is 0.242. The highest BCUT2D eigenvalue weighted by Gasteiger charge is 2.52. The minimum atomic E-state index is -0.673. The van der Waals surface area contributed by atoms with Gasteiger partial charge in [-0.3, -0.25) is 19.3 Å². The summed E-state index contributed by atoms with van der Waals surface area (Å²) in [7, 11) is 0. The highest BCUT2D eigenvalue weighted by molar-refractivity contribution is 9.12. The van der Waals surface area contributed by atoms with Gasteiger partial charge in [-0.15, -0.1) is 0 Å². The molecule has 11 heteroatoms. The third-order valence-electron chi connectivity index (χ3n) is 8.22. The van der Waals surface area contributed by atoms with E-state index < -0.39 is 12.6 Å². The number of esters is 1. The van der Waals surface area contributed by atoms with Crippen molar-refractivity contribution in [3.05, 3.63) is 92.9 Å². The number of alkyl halides is 2. The van der Waals surface area contributed by atoms with Crippen molar-refractivity contribution in [3.8, 4) is 11.3 Å². The van der Waals surface area contributed by atoms with Crippen LogP contribution in [0.5, 0.6) is 0 Å². The largest absolute Gasteiger partial charge is 0.454 e. The van der Waals surface area contributed by atoms with E-state index in [1.165, 1.54) is 4.90 Å². The van der Waals surface area contributed by atoms with Gasteiger partial charge in [0.05, 0.1) is 34.3 Å². The summed E-state index contributed by atoms with van der Waals surface area (Å²) >= 11 is 17.0. The molecule has 1 aliphatic heterocycles. The van der Waals surface area contributed by atoms with E-state index >= 15 is 0 Å². The topological polar surface area (TPSA) is 93.6 Å². The lowest BCUT2D eigenvalue weighted by atomic mass is 9.81. The molecule has 3 aromatic carbocycles. The van der Waals surface area contributed by atoms with Gasteiger partial charge in [-0.05, 0) is 61.7 Å². The molecule has 4 atom stereocenters. The van der Waals surface area contributed by atoms with Crippen molar-refractivity contribution in [3.63, 3.8) is 0 Å². The molecule has 224 valence electrons. The molecule has 1 aliphatic carbocycles. The van der Waals surface area contributed by atoms with E-state index in [0.717, 1.165) is 4.47 Å². The molecule has 2 heterocycles. The summed E-state index contributed by atoms with van der Waals surface area (Å²) in [6.07, 6.45) is 1.19. The number of Topliss-reactive ketones (excluding diaryl/α,β-unsaturated/α-hetero) is 1. The number of anilines is 1. The summed E-state index contributed by atoms with van der Waals surface area (Å²) < 4.78 is 6.30. The summed E-state index contributed by atoms with van der Waals surface area (Å²) in [6.45, 7) is 1.39. The smallest absolute Gasteiger partial charge is 0.339 e. The number of amides is 2. The Balaban J connectivity index is 1.30. The maximum atomic E-state index is 13.4. The number of aryl methyl sites for hydroxylation is 1. The van der Waals surface area contributed by atoms with E-state index in [-0.39, 0.29) is 44.7 Å². The summed E-state index contributed by atoms with van der Waals surface area (Å²) in [6, 6.07) is 18.8. The zero-order valence-electron chi connectivity index (χ0n) is 23.2. The average molecular weight is 804 g/mol. The molecule has 0 N–H and O–H groups in total. The number of halogens is 4. The Morgan fingerprint density at radius 3 is 2.16 bits per heavy atom. The number of fused-ring (bicyclic) bond motifs is 2. The van der Waals surface area contributed by atoms with Gasteiger partial charge in [-0.25, -0.2) is 9.78 Å². The third kappa shape index (κ3) is 5.77. The van der Waals surface area contributed by atoms with Crippen LogP contribution in [0.15, 0.2) is 71.2 Å². The van der Waals surface area contributed by atoms with Gasteiger partial charge in [0, 0.05) is 35.7 Å². The second-order valence-electron chi connectivity index (χ2n) is 10.9. The normalized spacial score (nSPS) is 21.4. The number of nitrogens with zero attached hydrogens (tertiary/aromatic N) is 2. The Morgan fingerprint density at radius 1 is 0.932 bits per heavy atom. The zero-order valence-corrected chi connectivity index (χ0v) is 28.7. The molecule has 0 spiro atoms. The Hall–Kier alpha value is -2.92. The van der Waals surface area contributed by atoms with Crippen LogP contribution in [0.25, 0.3) is 22.2 Å². The molecule has 1 aromatic heterocycles. The number of rotatable bonds is 6. The van der Waals surface area contributed by atoms with E-state index in [1.807, 2.05) is 6.92 Å². The number of benzene rings is 3. The number of ketones is 1. The maximum absolute atomic E-state index is 13.4. The lowest BCUT2D eigenvalue weighted by Crippen LogP contribution is -2.34. The first-order chi connectivity index (χ1) is 21.0. The second kappa shape index (κ2) is 12.5. The Kier molecular flexibility index (Phi) is 8.80. The molecule has 0 bridgehead atoms. The van der Waals surface area contributed by atoms with Crippen molar-refractivity contribution < 1.29 is 23.9 Å². The van der Waals surface area contributed by atoms with Crippen LogP contribution in [0.2, 0.25) is 5.02 Å². The minimum Gasteiger partial charge on any atom is -0.454 e. The number of pyridine rings is 1. The molecule has 1 saturated heterocycles. The van der Waals surface area contributed by atoms with E-state index in [2.05, 4.69) is 47.8 Å². The van der Waals surface area contributed by atoms with Crippen molar-refractivity contribution in [2.24, 2.45) is 11.8 Å². The highest BCUT2D eigenvalue weighted by Crippen LogP contribution is 2.44. The summed E-state index contributed by atoms with van der Waals surface area (Å²) in [5.41, 5.74) is 3.49. The lowest BCUT2D eigenvalue weighted by molar-refractivity contribution is -0.122. The number of carbonyl (C=O) groups excluding carboxylic acids is 4. The molecule has 1 saturated carbocycles. The second-order valence-corrected chi connectivity index (χ2v) is 14.6. The number of hydrogen-bond acceptors (Lipinski definition) is 6. The van der Waals surface area contributed by atoms with Crippen LogP contribution in [0.1, 0.15) is 39.1 Å². The van der Waals surface area contributed by atoms with Gasteiger partial charge >= 0.3 is 5.97 Å². The van der Waals surface area contributed by atoms with Gasteiger partial charge in [0.15, 0.2) is 12.4 Å². The van der Waals surface area contributed by atoms with Gasteiger partial charge in [0.1, 0.15) is 0 Å². The number of ether oxygens (including phenoxy) is 1. The minimum absolute atomic E-state index is 0.124. The number of hydrogen-bond donors (Lipinski definition) is 0. The van der Waals surface area contributed by atoms with Crippen molar-refractivity contribution in [2.75, 3.05) is 11.5 Å². The van der Waals surface area contributed by atoms with Gasteiger partial charge in [0.2, 0.25) is 11.8 Å². The molecular formula is C33H24Br3ClN2O5. The predicted octanol–water partition coefficient (Wildman–Crippen LogP) is 8.09. The lowest BCUT2D eigenvalue weighted by Gasteiger charge is -2.29. The van der Waals surface area contributed by atoms with Gasteiger partial charge in [-0.2, -0.15) is 0 Å². The Morgan fingerprint density at radius 2 is 1.55 bits per heavy atom. The molecule has 2 aliphatic rings. The number of aromatic nitrogens is 1. The first-order valence-electron chi connectivity index (χ1n) is 13.9. The van der Waals surface area contributed by atoms with E-state index in [4.69, 9.17) is 21.3 Å². The standard InChI is InChI=1S/C33H24Br3ClN2O5/c1-16-27(37)11-10-21-24(33(43)44-15-29(40)18-2-6-19(34)7-3-18)14-28(38-30(16)21)17-4-8-20(9-5-17)39-31(41)22-12-25(35)26(36)13-23(22)32(39)42/h2-11,14,22-23,25-26H,12-13,15H2,1H3. The van der Waals surface area contributed by atoms with Crippen LogP contribution in [-0.4, -0.2) is 44.8 Å². The van der Waals surface area contributed by atoms with E-state index in [9.17, 15) is 19.2 Å². The molecule has 0 radical (unpaired) electrons. The third-order valence-corrected chi connectivity index (χ3v) is 11.9. The van der Waals surface area contributed by atoms with Gasteiger partial charge in [-0.1, -0.05) is 89.7 Å². The van der Waals surface area contributed by atoms with Crippen LogP contribution in [-0.2, 0) is 14.3 Å². The van der Waals surface area contributed by atoms with Crippen LogP contribution >= 0.6 is 59.4 Å². The molecular weight excluding hydrogens is 780 g/mol. The molecule has 2 fully saturated rings. The molecule has 2 amide bonds. The molecule has 7 nitrogen and oxygen atoms in total. The summed E-state index contributed by atoms with van der Waals surface area (Å²) in [5.74, 6) is -2.07. The van der Waals surface area contributed by atoms with Crippen LogP contribution in [0.4, 0.5) is 5.69 Å². The fourth-order valence-electron chi connectivity index (χ4n) is 5.78. The summed E-state index contributed by atoms with van der Waals surface area (Å²) in [5, 5.41) is 1.03. The maximum Gasteiger partial charge on any atom is 0.339 e. The highest BCUT2D eigenvalue weighted by atomic mass is 79.9. The Bertz CT molecular complexity index is 1800. The molecule has 4 unspecified atom stereocenters. The predicted molar refractivity (Wildman–Crippen MR) is 180 cm³/mol. The zero-order chi connectivity index (χ0) is 31.3. The van der Waals surface area contributed by atoms with Crippen LogP contribution in [0, 0.1) is 18.8 Å². The Labute approximate surface area is 283 Å². The average Bonchev–Trinajstić information content (AvgIpc) is 3.25. The van der Waals surface area contributed by atoms with Crippen molar-refractivity contribution in [1.29, 1.82) is 0 Å². The van der Waals surface area contributed by atoms with Gasteiger partial charge < -0.3 is 4.74 Å². The molecule has 4 aromatic rings. The van der Waals surface area contributed by atoms with Gasteiger partial charge in [0.25, 0.3) is 0 Å². The molecule has 6 rings (SSSR count). The van der Waals surface area contributed by atoms with Crippen molar-refractivity contribution in [2.45, 2.75) is 29.4 Å². The van der Waals surface area contributed by atoms with E-state index in [1.54, 1.807) is 66.7 Å². The molecule has 44 heavy (non-hydrogen) atoms. The van der Waals surface area contributed by atoms with Crippen molar-refractivity contribution in [1.82, 2.24) is 4.98 Å². The van der Waals surface area contributed by atoms with Crippen LogP contribution < -0.4 is 4.90 Å². The SMILES string of the molecule is Cc1c(Cl)ccc2c(C(=O)OCC(=O)c3ccc(Br)cc3)cc(-c3ccc(N4C(=O)C5CC(Br)C(Br)CC5C4=O)cc3)nc12. The first kappa shape index (κ1) is 31.1. The van der Waals surface area contributed by atoms with Crippen LogP contribution in [0.3, 0.4) is 0 Å². The first-order valence-corrected chi connectivity index (χ1v) is 16.9. The fourth-order valence-corrected chi connectivity index (χ4v) is 7.43. The van der Waals surface area contributed by atoms with E-state index in [0.29, 0.717) is 56.8 Å².